The number of hydrogen-bond acceptors (Lipinski definition) is 5. The highest BCUT2D eigenvalue weighted by atomic mass is 35.5. The predicted molar refractivity (Wildman–Crippen MR) is 67.3 cm³/mol. The molecule has 2 heterocycles. The highest BCUT2D eigenvalue weighted by Gasteiger charge is 2.33. The Morgan fingerprint density at radius 2 is 2.24 bits per heavy atom. The van der Waals surface area contributed by atoms with Crippen molar-refractivity contribution in [3.05, 3.63) is 22.8 Å². The summed E-state index contributed by atoms with van der Waals surface area (Å²) in [6, 6.07) is 1.22. The number of anilines is 1. The summed E-state index contributed by atoms with van der Waals surface area (Å²) in [5, 5.41) is 0.450. The molecule has 17 heavy (non-hydrogen) atoms. The Hall–Kier alpha value is -0.850. The molecule has 4 N–H and O–H groups in total. The third-order valence-electron chi connectivity index (χ3n) is 3.05. The van der Waals surface area contributed by atoms with Gasteiger partial charge in [-0.05, 0) is 18.4 Å². The zero-order chi connectivity index (χ0) is 12.6. The highest BCUT2D eigenvalue weighted by molar-refractivity contribution is 7.91. The van der Waals surface area contributed by atoms with Gasteiger partial charge >= 0.3 is 0 Å². The third kappa shape index (κ3) is 2.70. The lowest BCUT2D eigenvalue weighted by Gasteiger charge is -2.19. The summed E-state index contributed by atoms with van der Waals surface area (Å²) in [4.78, 5) is 3.92. The van der Waals surface area contributed by atoms with E-state index in [1.807, 2.05) is 0 Å². The molecular weight excluding hydrogens is 262 g/mol. The number of pyridine rings is 1. The van der Waals surface area contributed by atoms with Crippen LogP contribution in [0.25, 0.3) is 0 Å². The number of aromatic nitrogens is 1. The fraction of sp³-hybridized carbons (Fsp3) is 0.500. The van der Waals surface area contributed by atoms with Crippen LogP contribution in [0, 0.1) is 5.92 Å². The normalized spacial score (nSPS) is 24.7. The Balaban J connectivity index is 2.26. The molecule has 0 bridgehead atoms. The molecule has 0 aliphatic carbocycles. The summed E-state index contributed by atoms with van der Waals surface area (Å²) in [5.41, 5.74) is 12.4. The van der Waals surface area contributed by atoms with E-state index in [-0.39, 0.29) is 17.4 Å². The quantitative estimate of drug-likeness (QED) is 0.830. The van der Waals surface area contributed by atoms with E-state index in [2.05, 4.69) is 4.98 Å². The van der Waals surface area contributed by atoms with E-state index in [1.165, 1.54) is 6.20 Å². The molecule has 1 fully saturated rings. The molecule has 0 radical (unpaired) electrons. The van der Waals surface area contributed by atoms with Gasteiger partial charge in [0.15, 0.2) is 9.84 Å². The Bertz CT molecular complexity index is 532. The lowest BCUT2D eigenvalue weighted by Crippen LogP contribution is -2.23. The van der Waals surface area contributed by atoms with Gasteiger partial charge in [0.25, 0.3) is 0 Å². The second-order valence-electron chi connectivity index (χ2n) is 4.32. The van der Waals surface area contributed by atoms with E-state index in [0.29, 0.717) is 22.8 Å². The number of nitrogen functional groups attached to an aromatic ring is 1. The van der Waals surface area contributed by atoms with E-state index in [9.17, 15) is 8.42 Å². The summed E-state index contributed by atoms with van der Waals surface area (Å²) in [7, 11) is -2.95. The van der Waals surface area contributed by atoms with Gasteiger partial charge in [-0.25, -0.2) is 13.4 Å². The lowest BCUT2D eigenvalue weighted by atomic mass is 9.94. The Kier molecular flexibility index (Phi) is 3.29. The van der Waals surface area contributed by atoms with Crippen LogP contribution in [0.5, 0.6) is 0 Å². The summed E-state index contributed by atoms with van der Waals surface area (Å²) in [6.07, 6.45) is 2.01. The SMILES string of the molecule is Nc1ncc(Cl)cc1C(N)C1CCS(=O)(=O)C1. The molecule has 0 aromatic carbocycles. The maximum absolute atomic E-state index is 11.4. The lowest BCUT2D eigenvalue weighted by molar-refractivity contribution is 0.480. The Labute approximate surface area is 105 Å². The molecule has 1 aliphatic heterocycles. The molecule has 7 heteroatoms. The highest BCUT2D eigenvalue weighted by Crippen LogP contribution is 2.32. The van der Waals surface area contributed by atoms with Gasteiger partial charge in [0.05, 0.1) is 16.5 Å². The second kappa shape index (κ2) is 4.44. The van der Waals surface area contributed by atoms with Crippen LogP contribution in [-0.4, -0.2) is 24.9 Å². The van der Waals surface area contributed by atoms with Crippen molar-refractivity contribution in [1.29, 1.82) is 0 Å². The van der Waals surface area contributed by atoms with Gasteiger partial charge in [0, 0.05) is 17.8 Å². The van der Waals surface area contributed by atoms with Crippen molar-refractivity contribution in [2.75, 3.05) is 17.2 Å². The fourth-order valence-corrected chi connectivity index (χ4v) is 4.11. The first kappa shape index (κ1) is 12.6. The van der Waals surface area contributed by atoms with Gasteiger partial charge in [-0.2, -0.15) is 0 Å². The van der Waals surface area contributed by atoms with Gasteiger partial charge in [-0.3, -0.25) is 0 Å². The van der Waals surface area contributed by atoms with Crippen LogP contribution in [0.1, 0.15) is 18.0 Å². The molecule has 1 aromatic heterocycles. The monoisotopic (exact) mass is 275 g/mol. The molecular formula is C10H14ClN3O2S. The Morgan fingerprint density at radius 3 is 2.82 bits per heavy atom. The molecule has 2 rings (SSSR count). The first-order valence-electron chi connectivity index (χ1n) is 5.26. The number of halogens is 1. The molecule has 5 nitrogen and oxygen atoms in total. The first-order chi connectivity index (χ1) is 7.89. The number of nitrogens with zero attached hydrogens (tertiary/aromatic N) is 1. The molecule has 0 saturated carbocycles. The molecule has 0 amide bonds. The van der Waals surface area contributed by atoms with Crippen molar-refractivity contribution < 1.29 is 8.42 Å². The van der Waals surface area contributed by atoms with Gasteiger partial charge in [0.1, 0.15) is 5.82 Å². The third-order valence-corrected chi connectivity index (χ3v) is 5.05. The number of hydrogen-bond donors (Lipinski definition) is 2. The molecule has 2 atom stereocenters. The number of sulfone groups is 1. The zero-order valence-electron chi connectivity index (χ0n) is 9.14. The summed E-state index contributed by atoms with van der Waals surface area (Å²) in [6.45, 7) is 0. The first-order valence-corrected chi connectivity index (χ1v) is 7.46. The van der Waals surface area contributed by atoms with Crippen molar-refractivity contribution >= 4 is 27.3 Å². The maximum Gasteiger partial charge on any atom is 0.150 e. The Morgan fingerprint density at radius 1 is 1.53 bits per heavy atom. The number of rotatable bonds is 2. The van der Waals surface area contributed by atoms with E-state index < -0.39 is 15.9 Å². The minimum atomic E-state index is -2.95. The summed E-state index contributed by atoms with van der Waals surface area (Å²) < 4.78 is 22.8. The van der Waals surface area contributed by atoms with Crippen molar-refractivity contribution in [1.82, 2.24) is 4.98 Å². The van der Waals surface area contributed by atoms with Crippen LogP contribution in [0.3, 0.4) is 0 Å². The van der Waals surface area contributed by atoms with Crippen molar-refractivity contribution in [2.24, 2.45) is 11.7 Å². The maximum atomic E-state index is 11.4. The van der Waals surface area contributed by atoms with Crippen LogP contribution >= 0.6 is 11.6 Å². The molecule has 1 aliphatic rings. The van der Waals surface area contributed by atoms with Crippen LogP contribution in [0.15, 0.2) is 12.3 Å². The van der Waals surface area contributed by atoms with Crippen LogP contribution in [-0.2, 0) is 9.84 Å². The topological polar surface area (TPSA) is 99.1 Å². The zero-order valence-corrected chi connectivity index (χ0v) is 10.7. The minimum absolute atomic E-state index is 0.109. The van der Waals surface area contributed by atoms with Gasteiger partial charge in [-0.15, -0.1) is 0 Å². The molecule has 0 spiro atoms. The predicted octanol–water partition coefficient (Wildman–Crippen LogP) is 0.752. The van der Waals surface area contributed by atoms with Gasteiger partial charge < -0.3 is 11.5 Å². The van der Waals surface area contributed by atoms with Crippen molar-refractivity contribution in [3.63, 3.8) is 0 Å². The number of nitrogens with two attached hydrogens (primary N) is 2. The van der Waals surface area contributed by atoms with Gasteiger partial charge in [0.2, 0.25) is 0 Å². The molecule has 2 unspecified atom stereocenters. The smallest absolute Gasteiger partial charge is 0.150 e. The van der Waals surface area contributed by atoms with Crippen LogP contribution < -0.4 is 11.5 Å². The van der Waals surface area contributed by atoms with Crippen molar-refractivity contribution in [2.45, 2.75) is 12.5 Å². The van der Waals surface area contributed by atoms with Crippen LogP contribution in [0.2, 0.25) is 5.02 Å². The summed E-state index contributed by atoms with van der Waals surface area (Å²) >= 11 is 5.83. The molecule has 94 valence electrons. The standard InChI is InChI=1S/C10H14ClN3O2S/c11-7-3-8(10(13)14-4-7)9(12)6-1-2-17(15,16)5-6/h3-4,6,9H,1-2,5,12H2,(H2,13,14). The van der Waals surface area contributed by atoms with E-state index in [0.717, 1.165) is 0 Å². The largest absolute Gasteiger partial charge is 0.383 e. The minimum Gasteiger partial charge on any atom is -0.383 e. The second-order valence-corrected chi connectivity index (χ2v) is 6.98. The van der Waals surface area contributed by atoms with E-state index >= 15 is 0 Å². The van der Waals surface area contributed by atoms with Gasteiger partial charge in [-0.1, -0.05) is 11.6 Å². The summed E-state index contributed by atoms with van der Waals surface area (Å²) in [5.74, 6) is 0.508. The van der Waals surface area contributed by atoms with E-state index in [1.54, 1.807) is 6.07 Å². The van der Waals surface area contributed by atoms with Crippen molar-refractivity contribution in [3.8, 4) is 0 Å². The fourth-order valence-electron chi connectivity index (χ4n) is 2.09. The van der Waals surface area contributed by atoms with Crippen LogP contribution in [0.4, 0.5) is 5.82 Å². The molecule has 1 aromatic rings. The average molecular weight is 276 g/mol. The average Bonchev–Trinajstić information content (AvgIpc) is 2.61. The molecule has 1 saturated heterocycles. The van der Waals surface area contributed by atoms with E-state index in [4.69, 9.17) is 23.1 Å².